The Bertz CT molecular complexity index is 830. The number of hydrogen-bond donors (Lipinski definition) is 2. The van der Waals surface area contributed by atoms with Crippen molar-refractivity contribution in [2.75, 3.05) is 25.0 Å². The zero-order valence-corrected chi connectivity index (χ0v) is 17.9. The summed E-state index contributed by atoms with van der Waals surface area (Å²) in [6.07, 6.45) is 0. The summed E-state index contributed by atoms with van der Waals surface area (Å²) in [6.45, 7) is 11.1. The third-order valence-corrected chi connectivity index (χ3v) is 4.94. The molecule has 3 amide bonds. The Labute approximate surface area is 173 Å². The molecule has 0 aromatic heterocycles. The molecule has 0 aliphatic rings. The number of nitrogens with zero attached hydrogens (tertiary/aromatic N) is 1. The van der Waals surface area contributed by atoms with Gasteiger partial charge in [-0.3, -0.25) is 4.79 Å². The van der Waals surface area contributed by atoms with E-state index >= 15 is 0 Å². The van der Waals surface area contributed by atoms with Gasteiger partial charge in [0.2, 0.25) is 0 Å². The van der Waals surface area contributed by atoms with Crippen molar-refractivity contribution >= 4 is 17.6 Å². The molecular weight excluding hydrogens is 366 g/mol. The van der Waals surface area contributed by atoms with Crippen LogP contribution in [0, 0.1) is 13.8 Å². The second-order valence-corrected chi connectivity index (χ2v) is 7.05. The van der Waals surface area contributed by atoms with Crippen molar-refractivity contribution in [3.63, 3.8) is 0 Å². The molecule has 6 nitrogen and oxygen atoms in total. The lowest BCUT2D eigenvalue weighted by Gasteiger charge is -2.20. The highest BCUT2D eigenvalue weighted by Crippen LogP contribution is 2.18. The lowest BCUT2D eigenvalue weighted by Crippen LogP contribution is -2.34. The molecule has 1 unspecified atom stereocenters. The van der Waals surface area contributed by atoms with Crippen molar-refractivity contribution in [3.05, 3.63) is 59.2 Å². The topological polar surface area (TPSA) is 70.7 Å². The molecule has 2 rings (SSSR count). The van der Waals surface area contributed by atoms with Crippen molar-refractivity contribution < 1.29 is 14.3 Å². The number of carbonyl (C=O) groups excluding carboxylic acids is 2. The molecule has 0 heterocycles. The minimum absolute atomic E-state index is 0.0369. The molecule has 2 N–H and O–H groups in total. The molecule has 29 heavy (non-hydrogen) atoms. The maximum absolute atomic E-state index is 12.2. The van der Waals surface area contributed by atoms with Crippen LogP contribution in [0.25, 0.3) is 0 Å². The minimum Gasteiger partial charge on any atom is -0.484 e. The molecule has 0 radical (unpaired) electrons. The van der Waals surface area contributed by atoms with E-state index in [1.807, 2.05) is 77.1 Å². The van der Waals surface area contributed by atoms with E-state index < -0.39 is 0 Å². The summed E-state index contributed by atoms with van der Waals surface area (Å²) in [4.78, 5) is 26.0. The van der Waals surface area contributed by atoms with E-state index in [0.29, 0.717) is 18.8 Å². The molecule has 0 aliphatic carbocycles. The smallest absolute Gasteiger partial charge is 0.321 e. The largest absolute Gasteiger partial charge is 0.484 e. The van der Waals surface area contributed by atoms with Crippen LogP contribution >= 0.6 is 0 Å². The second-order valence-electron chi connectivity index (χ2n) is 7.05. The van der Waals surface area contributed by atoms with Gasteiger partial charge in [0.05, 0.1) is 6.04 Å². The van der Waals surface area contributed by atoms with Gasteiger partial charge in [0.1, 0.15) is 5.75 Å². The van der Waals surface area contributed by atoms with Crippen LogP contribution in [0.3, 0.4) is 0 Å². The monoisotopic (exact) mass is 397 g/mol. The molecule has 156 valence electrons. The molecule has 0 saturated heterocycles. The average molecular weight is 398 g/mol. The molecule has 1 atom stereocenters. The first-order chi connectivity index (χ1) is 13.8. The normalized spacial score (nSPS) is 11.5. The van der Waals surface area contributed by atoms with Gasteiger partial charge in [0, 0.05) is 18.8 Å². The van der Waals surface area contributed by atoms with Gasteiger partial charge in [-0.05, 0) is 75.6 Å². The molecule has 0 aliphatic heterocycles. The fourth-order valence-electron chi connectivity index (χ4n) is 2.89. The van der Waals surface area contributed by atoms with E-state index in [0.717, 1.165) is 16.8 Å². The Morgan fingerprint density at radius 3 is 2.24 bits per heavy atom. The number of aryl methyl sites for hydroxylation is 2. The molecule has 2 aromatic rings. The number of anilines is 1. The number of nitrogens with one attached hydrogen (secondary N) is 2. The number of ether oxygens (including phenoxy) is 1. The summed E-state index contributed by atoms with van der Waals surface area (Å²) in [5.41, 5.74) is 3.99. The van der Waals surface area contributed by atoms with E-state index in [-0.39, 0.29) is 24.6 Å². The average Bonchev–Trinajstić information content (AvgIpc) is 2.70. The molecule has 0 bridgehead atoms. The van der Waals surface area contributed by atoms with Crippen molar-refractivity contribution in [2.24, 2.45) is 0 Å². The van der Waals surface area contributed by atoms with Crippen LogP contribution in [0.5, 0.6) is 5.75 Å². The summed E-state index contributed by atoms with van der Waals surface area (Å²) in [6, 6.07) is 13.0. The quantitative estimate of drug-likeness (QED) is 0.692. The van der Waals surface area contributed by atoms with Crippen LogP contribution in [0.4, 0.5) is 10.5 Å². The number of carbonyl (C=O) groups is 2. The lowest BCUT2D eigenvalue weighted by atomic mass is 10.1. The summed E-state index contributed by atoms with van der Waals surface area (Å²) in [5.74, 6) is 0.499. The Kier molecular flexibility index (Phi) is 8.07. The van der Waals surface area contributed by atoms with Gasteiger partial charge in [0.25, 0.3) is 5.91 Å². The number of amides is 3. The highest BCUT2D eigenvalue weighted by molar-refractivity contribution is 5.89. The van der Waals surface area contributed by atoms with Crippen LogP contribution in [0.2, 0.25) is 0 Å². The summed E-state index contributed by atoms with van der Waals surface area (Å²) in [7, 11) is 0. The van der Waals surface area contributed by atoms with Crippen LogP contribution in [0.15, 0.2) is 42.5 Å². The van der Waals surface area contributed by atoms with Gasteiger partial charge in [-0.1, -0.05) is 18.2 Å². The zero-order valence-electron chi connectivity index (χ0n) is 17.9. The number of hydrogen-bond acceptors (Lipinski definition) is 3. The van der Waals surface area contributed by atoms with Gasteiger partial charge in [-0.15, -0.1) is 0 Å². The van der Waals surface area contributed by atoms with Crippen LogP contribution < -0.4 is 15.4 Å². The zero-order chi connectivity index (χ0) is 21.4. The fraction of sp³-hybridized carbons (Fsp3) is 0.391. The first-order valence-corrected chi connectivity index (χ1v) is 9.99. The van der Waals surface area contributed by atoms with Crippen molar-refractivity contribution in [1.82, 2.24) is 10.2 Å². The highest BCUT2D eigenvalue weighted by Gasteiger charge is 2.12. The first kappa shape index (κ1) is 22.3. The van der Waals surface area contributed by atoms with Gasteiger partial charge < -0.3 is 20.3 Å². The van der Waals surface area contributed by atoms with E-state index in [1.165, 1.54) is 5.56 Å². The summed E-state index contributed by atoms with van der Waals surface area (Å²) >= 11 is 0. The highest BCUT2D eigenvalue weighted by atomic mass is 16.5. The van der Waals surface area contributed by atoms with E-state index in [2.05, 4.69) is 10.6 Å². The summed E-state index contributed by atoms with van der Waals surface area (Å²) < 4.78 is 5.58. The lowest BCUT2D eigenvalue weighted by molar-refractivity contribution is -0.123. The Hall–Kier alpha value is -3.02. The van der Waals surface area contributed by atoms with Gasteiger partial charge >= 0.3 is 6.03 Å². The van der Waals surface area contributed by atoms with Crippen molar-refractivity contribution in [2.45, 2.75) is 40.7 Å². The van der Waals surface area contributed by atoms with Crippen molar-refractivity contribution in [3.8, 4) is 5.75 Å². The number of urea groups is 1. The molecule has 0 spiro atoms. The number of benzene rings is 2. The third kappa shape index (κ3) is 6.52. The Morgan fingerprint density at radius 2 is 1.66 bits per heavy atom. The van der Waals surface area contributed by atoms with Gasteiger partial charge in [-0.25, -0.2) is 4.79 Å². The maximum Gasteiger partial charge on any atom is 0.321 e. The van der Waals surface area contributed by atoms with E-state index in [4.69, 9.17) is 4.74 Å². The summed E-state index contributed by atoms with van der Waals surface area (Å²) in [5, 5.41) is 5.81. The first-order valence-electron chi connectivity index (χ1n) is 9.99. The Morgan fingerprint density at radius 1 is 1.00 bits per heavy atom. The van der Waals surface area contributed by atoms with Gasteiger partial charge in [0.15, 0.2) is 6.61 Å². The predicted molar refractivity (Wildman–Crippen MR) is 116 cm³/mol. The molecule has 2 aromatic carbocycles. The Balaban J connectivity index is 1.86. The molecule has 0 saturated carbocycles. The predicted octanol–water partition coefficient (Wildman–Crippen LogP) is 4.43. The third-order valence-electron chi connectivity index (χ3n) is 4.94. The van der Waals surface area contributed by atoms with E-state index in [9.17, 15) is 9.59 Å². The second kappa shape index (κ2) is 10.5. The molecular formula is C23H31N3O3. The SMILES string of the molecule is CCN(CC)C(=O)Nc1ccc(C(C)NC(=O)COc2ccc(C)c(C)c2)cc1. The maximum atomic E-state index is 12.2. The van der Waals surface area contributed by atoms with E-state index in [1.54, 1.807) is 4.90 Å². The van der Waals surface area contributed by atoms with Crippen LogP contribution in [-0.4, -0.2) is 36.5 Å². The van der Waals surface area contributed by atoms with Crippen LogP contribution in [-0.2, 0) is 4.79 Å². The van der Waals surface area contributed by atoms with Crippen molar-refractivity contribution in [1.29, 1.82) is 0 Å². The van der Waals surface area contributed by atoms with Gasteiger partial charge in [-0.2, -0.15) is 0 Å². The fourth-order valence-corrected chi connectivity index (χ4v) is 2.89. The number of rotatable bonds is 8. The molecule has 6 heteroatoms. The molecule has 0 fully saturated rings. The standard InChI is InChI=1S/C23H31N3O3/c1-6-26(7-2)23(28)25-20-11-9-19(10-12-20)18(5)24-22(27)15-29-21-13-8-16(3)17(4)14-21/h8-14,18H,6-7,15H2,1-5H3,(H,24,27)(H,25,28). The minimum atomic E-state index is -0.186. The van der Waals surface area contributed by atoms with Crippen LogP contribution in [0.1, 0.15) is 43.5 Å².